The van der Waals surface area contributed by atoms with E-state index in [2.05, 4.69) is 36.6 Å². The number of rotatable bonds is 33. The van der Waals surface area contributed by atoms with Gasteiger partial charge in [0.1, 0.15) is 6.61 Å². The summed E-state index contributed by atoms with van der Waals surface area (Å²) >= 11 is 0. The lowest BCUT2D eigenvalue weighted by Crippen LogP contribution is -2.29. The van der Waals surface area contributed by atoms with E-state index in [-0.39, 0.29) is 19.4 Å². The SMILES string of the molecule is CCCCC/C=C\C=C/[C@H](O)C/C=C\C/C=C/CCCC(=O)O[C@H](COC(=O)CCCCCCC/C=C\CCCCCC)COP(=O)(O)O. The van der Waals surface area contributed by atoms with Crippen molar-refractivity contribution in [3.8, 4) is 0 Å². The van der Waals surface area contributed by atoms with Crippen LogP contribution in [0.15, 0.2) is 60.8 Å². The molecule has 282 valence electrons. The molecule has 0 aromatic heterocycles. The third-order valence-corrected chi connectivity index (χ3v) is 8.07. The van der Waals surface area contributed by atoms with E-state index >= 15 is 0 Å². The molecule has 0 aromatic rings. The number of phosphoric ester groups is 1. The number of hydrogen-bond donors (Lipinski definition) is 3. The molecule has 2 atom stereocenters. The summed E-state index contributed by atoms with van der Waals surface area (Å²) in [6, 6.07) is 0. The van der Waals surface area contributed by atoms with Gasteiger partial charge in [0.2, 0.25) is 0 Å². The van der Waals surface area contributed by atoms with Gasteiger partial charge in [-0.05, 0) is 70.6 Å². The average Bonchev–Trinajstić information content (AvgIpc) is 3.06. The van der Waals surface area contributed by atoms with E-state index in [9.17, 15) is 19.3 Å². The van der Waals surface area contributed by atoms with Crippen LogP contribution in [0, 0.1) is 0 Å². The minimum Gasteiger partial charge on any atom is -0.462 e. The molecule has 0 unspecified atom stereocenters. The van der Waals surface area contributed by atoms with Gasteiger partial charge in [0.05, 0.1) is 12.7 Å². The Morgan fingerprint density at radius 3 is 1.90 bits per heavy atom. The monoisotopic (exact) mass is 710 g/mol. The number of allylic oxidation sites excluding steroid dienone is 8. The highest BCUT2D eigenvalue weighted by Gasteiger charge is 2.22. The number of esters is 2. The molecule has 9 nitrogen and oxygen atoms in total. The van der Waals surface area contributed by atoms with E-state index in [0.29, 0.717) is 32.1 Å². The van der Waals surface area contributed by atoms with E-state index in [0.717, 1.165) is 44.9 Å². The van der Waals surface area contributed by atoms with Crippen molar-refractivity contribution in [1.82, 2.24) is 0 Å². The minimum absolute atomic E-state index is 0.0981. The molecule has 0 heterocycles. The number of hydrogen-bond acceptors (Lipinski definition) is 7. The molecule has 0 amide bonds. The number of carbonyl (C=O) groups is 2. The maximum absolute atomic E-state index is 12.3. The van der Waals surface area contributed by atoms with Gasteiger partial charge >= 0.3 is 19.8 Å². The molecule has 3 N–H and O–H groups in total. The Hall–Kier alpha value is -2.29. The van der Waals surface area contributed by atoms with Gasteiger partial charge < -0.3 is 24.4 Å². The number of carbonyl (C=O) groups excluding carboxylic acids is 2. The lowest BCUT2D eigenvalue weighted by molar-refractivity contribution is -0.161. The highest BCUT2D eigenvalue weighted by molar-refractivity contribution is 7.46. The summed E-state index contributed by atoms with van der Waals surface area (Å²) in [6.45, 7) is 3.49. The number of aliphatic hydroxyl groups excluding tert-OH is 1. The fourth-order valence-corrected chi connectivity index (χ4v) is 5.09. The second-order valence-corrected chi connectivity index (χ2v) is 13.6. The van der Waals surface area contributed by atoms with Crippen LogP contribution in [0.5, 0.6) is 0 Å². The molecule has 0 aliphatic heterocycles. The first-order chi connectivity index (χ1) is 23.7. The average molecular weight is 711 g/mol. The van der Waals surface area contributed by atoms with Gasteiger partial charge in [-0.1, -0.05) is 126 Å². The molecule has 0 radical (unpaired) electrons. The highest BCUT2D eigenvalue weighted by Crippen LogP contribution is 2.35. The summed E-state index contributed by atoms with van der Waals surface area (Å²) in [5, 5.41) is 10.0. The van der Waals surface area contributed by atoms with Gasteiger partial charge in [-0.3, -0.25) is 14.1 Å². The fraction of sp³-hybridized carbons (Fsp3) is 0.692. The third kappa shape index (κ3) is 36.8. The predicted octanol–water partition coefficient (Wildman–Crippen LogP) is 9.92. The molecule has 0 spiro atoms. The summed E-state index contributed by atoms with van der Waals surface area (Å²) in [7, 11) is -4.78. The Morgan fingerprint density at radius 2 is 1.18 bits per heavy atom. The van der Waals surface area contributed by atoms with Gasteiger partial charge in [-0.25, -0.2) is 4.57 Å². The quantitative estimate of drug-likeness (QED) is 0.0200. The number of ether oxygens (including phenoxy) is 2. The van der Waals surface area contributed by atoms with Crippen LogP contribution >= 0.6 is 7.82 Å². The van der Waals surface area contributed by atoms with Crippen molar-refractivity contribution in [3.05, 3.63) is 60.8 Å². The smallest absolute Gasteiger partial charge is 0.462 e. The van der Waals surface area contributed by atoms with E-state index in [1.54, 1.807) is 6.08 Å². The molecule has 10 heteroatoms. The van der Waals surface area contributed by atoms with Crippen LogP contribution in [0.1, 0.15) is 149 Å². The third-order valence-electron chi connectivity index (χ3n) is 7.59. The van der Waals surface area contributed by atoms with Crippen LogP contribution in [-0.4, -0.2) is 52.3 Å². The van der Waals surface area contributed by atoms with E-state index in [1.807, 2.05) is 36.5 Å². The predicted molar refractivity (Wildman–Crippen MR) is 199 cm³/mol. The van der Waals surface area contributed by atoms with Crippen molar-refractivity contribution in [2.24, 2.45) is 0 Å². The number of aliphatic hydroxyl groups is 1. The Balaban J connectivity index is 4.18. The van der Waals surface area contributed by atoms with Crippen LogP contribution in [-0.2, 0) is 28.2 Å². The zero-order valence-corrected chi connectivity index (χ0v) is 31.3. The molecule has 0 aliphatic carbocycles. The van der Waals surface area contributed by atoms with Crippen LogP contribution in [0.25, 0.3) is 0 Å². The number of unbranched alkanes of at least 4 members (excludes halogenated alkanes) is 13. The lowest BCUT2D eigenvalue weighted by atomic mass is 10.1. The van der Waals surface area contributed by atoms with Crippen LogP contribution in [0.4, 0.5) is 0 Å². The van der Waals surface area contributed by atoms with Gasteiger partial charge in [-0.15, -0.1) is 0 Å². The summed E-state index contributed by atoms with van der Waals surface area (Å²) in [4.78, 5) is 42.6. The molecule has 0 fully saturated rings. The minimum atomic E-state index is -4.78. The molecular weight excluding hydrogens is 643 g/mol. The van der Waals surface area contributed by atoms with Crippen molar-refractivity contribution >= 4 is 19.8 Å². The molecule has 0 saturated carbocycles. The van der Waals surface area contributed by atoms with Crippen LogP contribution in [0.3, 0.4) is 0 Å². The maximum atomic E-state index is 12.3. The van der Waals surface area contributed by atoms with Gasteiger partial charge in [0, 0.05) is 12.8 Å². The Labute approximate surface area is 297 Å². The maximum Gasteiger partial charge on any atom is 0.469 e. The standard InChI is InChI=1S/C39H67O9P/c1-3-5-7-9-11-12-13-14-15-16-20-24-28-32-38(41)46-34-37(35-47-49(43,44)45)48-39(42)33-29-25-21-17-19-23-27-31-36(40)30-26-22-18-10-8-6-4-2/h12-13,17-18,21-23,26-27,30,36-37,40H,3-11,14-16,19-20,24-25,28-29,31-35H2,1-2H3,(H2,43,44,45)/b13-12-,21-17+,22-18-,27-23-,30-26-/t36-,37+/m0/s1. The van der Waals surface area contributed by atoms with Crippen molar-refractivity contribution < 1.29 is 43.0 Å². The van der Waals surface area contributed by atoms with Crippen molar-refractivity contribution in [3.63, 3.8) is 0 Å². The zero-order valence-electron chi connectivity index (χ0n) is 30.4. The summed E-state index contributed by atoms with van der Waals surface area (Å²) < 4.78 is 26.2. The highest BCUT2D eigenvalue weighted by atomic mass is 31.2. The molecule has 0 aromatic carbocycles. The van der Waals surface area contributed by atoms with Gasteiger partial charge in [-0.2, -0.15) is 0 Å². The molecule has 49 heavy (non-hydrogen) atoms. The van der Waals surface area contributed by atoms with Crippen molar-refractivity contribution in [2.75, 3.05) is 13.2 Å². The zero-order chi connectivity index (χ0) is 36.3. The fourth-order valence-electron chi connectivity index (χ4n) is 4.73. The molecular formula is C39H67O9P. The summed E-state index contributed by atoms with van der Waals surface area (Å²) in [5.74, 6) is -1.01. The van der Waals surface area contributed by atoms with Crippen molar-refractivity contribution in [1.29, 1.82) is 0 Å². The second kappa shape index (κ2) is 34.2. The Kier molecular flexibility index (Phi) is 32.6. The first-order valence-corrected chi connectivity index (χ1v) is 20.2. The Bertz CT molecular complexity index is 996. The first kappa shape index (κ1) is 46.7. The molecule has 0 saturated heterocycles. The molecule has 0 rings (SSSR count). The van der Waals surface area contributed by atoms with E-state index in [1.165, 1.54) is 44.9 Å². The van der Waals surface area contributed by atoms with E-state index < -0.39 is 38.6 Å². The van der Waals surface area contributed by atoms with Crippen LogP contribution < -0.4 is 0 Å². The Morgan fingerprint density at radius 1 is 0.633 bits per heavy atom. The summed E-state index contributed by atoms with van der Waals surface area (Å²) in [5.41, 5.74) is 0. The van der Waals surface area contributed by atoms with Gasteiger partial charge in [0.15, 0.2) is 6.10 Å². The first-order valence-electron chi connectivity index (χ1n) is 18.7. The molecule has 0 bridgehead atoms. The normalized spacial score (nSPS) is 13.8. The van der Waals surface area contributed by atoms with Crippen molar-refractivity contribution in [2.45, 2.75) is 161 Å². The largest absolute Gasteiger partial charge is 0.469 e. The summed E-state index contributed by atoms with van der Waals surface area (Å²) in [6.07, 6.45) is 38.3. The van der Waals surface area contributed by atoms with Gasteiger partial charge in [0.25, 0.3) is 0 Å². The number of phosphoric acid groups is 1. The topological polar surface area (TPSA) is 140 Å². The van der Waals surface area contributed by atoms with E-state index in [4.69, 9.17) is 19.3 Å². The second-order valence-electron chi connectivity index (χ2n) is 12.4. The lowest BCUT2D eigenvalue weighted by Gasteiger charge is -2.18. The molecule has 0 aliphatic rings. The van der Waals surface area contributed by atoms with Crippen LogP contribution in [0.2, 0.25) is 0 Å².